The first-order valence-corrected chi connectivity index (χ1v) is 6.18. The van der Waals surface area contributed by atoms with Gasteiger partial charge in [-0.3, -0.25) is 0 Å². The first-order valence-electron chi connectivity index (χ1n) is 6.18. The molecular weight excluding hydrogens is 222 g/mol. The number of para-hydroxylation sites is 1. The molecule has 0 fully saturated rings. The molecule has 0 N–H and O–H groups in total. The monoisotopic (exact) mass is 237 g/mol. The van der Waals surface area contributed by atoms with Crippen molar-refractivity contribution in [3.8, 4) is 6.19 Å². The van der Waals surface area contributed by atoms with Crippen LogP contribution in [-0.4, -0.2) is 22.6 Å². The molecule has 18 heavy (non-hydrogen) atoms. The van der Waals surface area contributed by atoms with Crippen molar-refractivity contribution in [3.05, 3.63) is 42.1 Å². The van der Waals surface area contributed by atoms with Crippen molar-refractivity contribution in [1.82, 2.24) is 9.47 Å². The number of hydrogen-bond acceptors (Lipinski definition) is 2. The predicted molar refractivity (Wildman–Crippen MR) is 72.7 cm³/mol. The number of aromatic nitrogens is 1. The number of aryl methyl sites for hydroxylation is 1. The van der Waals surface area contributed by atoms with Gasteiger partial charge in [0, 0.05) is 42.8 Å². The smallest absolute Gasteiger partial charge is 0.179 e. The highest BCUT2D eigenvalue weighted by Gasteiger charge is 2.15. The molecular formula is C15H15N3. The van der Waals surface area contributed by atoms with E-state index in [2.05, 4.69) is 54.3 Å². The fourth-order valence-electron chi connectivity index (χ4n) is 2.60. The molecule has 3 nitrogen and oxygen atoms in total. The third-order valence-corrected chi connectivity index (χ3v) is 3.59. The summed E-state index contributed by atoms with van der Waals surface area (Å²) in [5.74, 6) is 0. The summed E-state index contributed by atoms with van der Waals surface area (Å²) in [7, 11) is 2.08. The van der Waals surface area contributed by atoms with Crippen LogP contribution in [0.1, 0.15) is 12.0 Å². The fraction of sp³-hybridized carbons (Fsp3) is 0.267. The van der Waals surface area contributed by atoms with Crippen molar-refractivity contribution in [2.45, 2.75) is 6.42 Å². The van der Waals surface area contributed by atoms with E-state index in [-0.39, 0.29) is 0 Å². The van der Waals surface area contributed by atoms with E-state index in [0.717, 1.165) is 19.5 Å². The molecule has 90 valence electrons. The van der Waals surface area contributed by atoms with Crippen LogP contribution in [-0.2, 0) is 7.05 Å². The van der Waals surface area contributed by atoms with Gasteiger partial charge >= 0.3 is 0 Å². The fourth-order valence-corrected chi connectivity index (χ4v) is 2.60. The largest absolute Gasteiger partial charge is 0.350 e. The van der Waals surface area contributed by atoms with Gasteiger partial charge in [0.15, 0.2) is 6.19 Å². The van der Waals surface area contributed by atoms with E-state index < -0.39 is 0 Å². The Balaban J connectivity index is 2.06. The minimum absolute atomic E-state index is 0.731. The molecule has 0 spiro atoms. The number of nitriles is 1. The average molecular weight is 237 g/mol. The van der Waals surface area contributed by atoms with Gasteiger partial charge in [-0.1, -0.05) is 24.3 Å². The van der Waals surface area contributed by atoms with Crippen LogP contribution >= 0.6 is 0 Å². The summed E-state index contributed by atoms with van der Waals surface area (Å²) in [6.45, 7) is 1.56. The lowest BCUT2D eigenvalue weighted by atomic mass is 9.99. The highest BCUT2D eigenvalue weighted by molar-refractivity contribution is 5.93. The Morgan fingerprint density at radius 3 is 2.83 bits per heavy atom. The number of benzene rings is 1. The van der Waals surface area contributed by atoms with Gasteiger partial charge in [0.05, 0.1) is 0 Å². The molecule has 0 unspecified atom stereocenters. The second kappa shape index (κ2) is 4.23. The molecule has 0 amide bonds. The molecule has 0 radical (unpaired) electrons. The Labute approximate surface area is 107 Å². The van der Waals surface area contributed by atoms with Crippen molar-refractivity contribution < 1.29 is 0 Å². The Kier molecular flexibility index (Phi) is 2.56. The highest BCUT2D eigenvalue weighted by atomic mass is 15.1. The second-order valence-corrected chi connectivity index (χ2v) is 4.70. The maximum Gasteiger partial charge on any atom is 0.179 e. The van der Waals surface area contributed by atoms with E-state index in [1.807, 2.05) is 0 Å². The molecule has 2 aromatic rings. The second-order valence-electron chi connectivity index (χ2n) is 4.70. The zero-order valence-electron chi connectivity index (χ0n) is 10.4. The molecule has 0 aliphatic carbocycles. The van der Waals surface area contributed by atoms with Gasteiger partial charge in [-0.25, -0.2) is 0 Å². The van der Waals surface area contributed by atoms with E-state index in [1.54, 1.807) is 4.90 Å². The summed E-state index contributed by atoms with van der Waals surface area (Å²) >= 11 is 0. The summed E-state index contributed by atoms with van der Waals surface area (Å²) in [5.41, 5.74) is 3.93. The van der Waals surface area contributed by atoms with Crippen molar-refractivity contribution in [2.75, 3.05) is 13.1 Å². The molecule has 0 saturated carbocycles. The van der Waals surface area contributed by atoms with Gasteiger partial charge < -0.3 is 9.47 Å². The van der Waals surface area contributed by atoms with Crippen LogP contribution in [0.15, 0.2) is 36.5 Å². The molecule has 0 saturated heterocycles. The molecule has 0 bridgehead atoms. The predicted octanol–water partition coefficient (Wildman–Crippen LogP) is 2.75. The van der Waals surface area contributed by atoms with Gasteiger partial charge in [0.1, 0.15) is 0 Å². The molecule has 3 heteroatoms. The SMILES string of the molecule is Cn1cc(C2=CCN(C#N)CC2)c2ccccc21. The first kappa shape index (κ1) is 10.9. The van der Waals surface area contributed by atoms with Gasteiger partial charge in [-0.2, -0.15) is 5.26 Å². The van der Waals surface area contributed by atoms with Gasteiger partial charge in [-0.15, -0.1) is 0 Å². The summed E-state index contributed by atoms with van der Waals surface area (Å²) in [6, 6.07) is 8.46. The summed E-state index contributed by atoms with van der Waals surface area (Å²) < 4.78 is 2.17. The Morgan fingerprint density at radius 2 is 2.11 bits per heavy atom. The first-order chi connectivity index (χ1) is 8.79. The molecule has 3 rings (SSSR count). The van der Waals surface area contributed by atoms with Crippen molar-refractivity contribution in [3.63, 3.8) is 0 Å². The lowest BCUT2D eigenvalue weighted by molar-refractivity contribution is 0.431. The molecule has 1 aromatic carbocycles. The van der Waals surface area contributed by atoms with E-state index >= 15 is 0 Å². The van der Waals surface area contributed by atoms with Crippen LogP contribution < -0.4 is 0 Å². The molecule has 1 aliphatic rings. The summed E-state index contributed by atoms with van der Waals surface area (Å²) in [6.07, 6.45) is 7.52. The van der Waals surface area contributed by atoms with E-state index in [4.69, 9.17) is 5.26 Å². The maximum absolute atomic E-state index is 8.87. The number of rotatable bonds is 1. The average Bonchev–Trinajstić information content (AvgIpc) is 2.77. The molecule has 2 heterocycles. The quantitative estimate of drug-likeness (QED) is 0.714. The maximum atomic E-state index is 8.87. The Hall–Kier alpha value is -2.21. The standard InChI is InChI=1S/C15H15N3/c1-17-10-14(13-4-2-3-5-15(13)17)12-6-8-18(11-16)9-7-12/h2-6,10H,7-9H2,1H3. The summed E-state index contributed by atoms with van der Waals surface area (Å²) in [4.78, 5) is 1.79. The van der Waals surface area contributed by atoms with Crippen molar-refractivity contribution >= 4 is 16.5 Å². The van der Waals surface area contributed by atoms with Crippen LogP contribution in [0.3, 0.4) is 0 Å². The molecule has 1 aliphatic heterocycles. The highest BCUT2D eigenvalue weighted by Crippen LogP contribution is 2.30. The van der Waals surface area contributed by atoms with Crippen LogP contribution in [0, 0.1) is 11.5 Å². The van der Waals surface area contributed by atoms with Crippen LogP contribution in [0.25, 0.3) is 16.5 Å². The van der Waals surface area contributed by atoms with Gasteiger partial charge in [0.25, 0.3) is 0 Å². The van der Waals surface area contributed by atoms with Crippen molar-refractivity contribution in [1.29, 1.82) is 5.26 Å². The topological polar surface area (TPSA) is 32.0 Å². The number of hydrogen-bond donors (Lipinski definition) is 0. The minimum Gasteiger partial charge on any atom is -0.350 e. The zero-order chi connectivity index (χ0) is 12.5. The lowest BCUT2D eigenvalue weighted by Crippen LogP contribution is -2.23. The Bertz CT molecular complexity index is 658. The lowest BCUT2D eigenvalue weighted by Gasteiger charge is -2.20. The third-order valence-electron chi connectivity index (χ3n) is 3.59. The number of fused-ring (bicyclic) bond motifs is 1. The Morgan fingerprint density at radius 1 is 1.28 bits per heavy atom. The van der Waals surface area contributed by atoms with Crippen LogP contribution in [0.4, 0.5) is 0 Å². The molecule has 1 aromatic heterocycles. The molecule has 0 atom stereocenters. The zero-order valence-corrected chi connectivity index (χ0v) is 10.4. The summed E-state index contributed by atoms with van der Waals surface area (Å²) in [5, 5.41) is 10.2. The van der Waals surface area contributed by atoms with E-state index in [0.29, 0.717) is 0 Å². The van der Waals surface area contributed by atoms with Gasteiger partial charge in [-0.05, 0) is 18.1 Å². The van der Waals surface area contributed by atoms with E-state index in [1.165, 1.54) is 22.0 Å². The van der Waals surface area contributed by atoms with Crippen LogP contribution in [0.2, 0.25) is 0 Å². The number of nitrogens with zero attached hydrogens (tertiary/aromatic N) is 3. The normalized spacial score (nSPS) is 15.6. The third kappa shape index (κ3) is 1.67. The van der Waals surface area contributed by atoms with E-state index in [9.17, 15) is 0 Å². The van der Waals surface area contributed by atoms with Crippen LogP contribution in [0.5, 0.6) is 0 Å². The van der Waals surface area contributed by atoms with Gasteiger partial charge in [0.2, 0.25) is 0 Å². The van der Waals surface area contributed by atoms with Crippen molar-refractivity contribution in [2.24, 2.45) is 7.05 Å². The minimum atomic E-state index is 0.731.